The normalized spacial score (nSPS) is 30.8. The van der Waals surface area contributed by atoms with E-state index in [1.165, 1.54) is 19.0 Å². The van der Waals surface area contributed by atoms with Crippen LogP contribution < -0.4 is 11.1 Å². The Morgan fingerprint density at radius 1 is 1.23 bits per heavy atom. The van der Waals surface area contributed by atoms with Gasteiger partial charge in [0, 0.05) is 18.0 Å². The number of benzene rings is 1. The fraction of sp³-hybridized carbons (Fsp3) is 0.500. The number of ether oxygens (including phenoxy) is 1. The Morgan fingerprint density at radius 2 is 1.90 bits per heavy atom. The molecule has 0 aromatic heterocycles. The molecule has 0 bridgehead atoms. The van der Waals surface area contributed by atoms with Gasteiger partial charge in [0.25, 0.3) is 5.91 Å². The van der Waals surface area contributed by atoms with Crippen molar-refractivity contribution in [1.29, 1.82) is 0 Å². The highest BCUT2D eigenvalue weighted by Gasteiger charge is 2.63. The minimum atomic E-state index is -4.93. The number of carbonyl (C=O) groups is 3. The summed E-state index contributed by atoms with van der Waals surface area (Å²) in [6.45, 7) is 0.463. The number of aromatic hydroxyl groups is 1. The third-order valence-electron chi connectivity index (χ3n) is 8.34. The minimum absolute atomic E-state index is 0.0971. The lowest BCUT2D eigenvalue weighted by molar-refractivity contribution is -0.148. The van der Waals surface area contributed by atoms with Crippen molar-refractivity contribution in [3.05, 3.63) is 51.0 Å². The predicted molar refractivity (Wildman–Crippen MR) is 130 cm³/mol. The van der Waals surface area contributed by atoms with Gasteiger partial charge in [0.15, 0.2) is 11.4 Å². The van der Waals surface area contributed by atoms with Gasteiger partial charge in [-0.05, 0) is 50.0 Å². The van der Waals surface area contributed by atoms with Crippen LogP contribution >= 0.6 is 0 Å². The van der Waals surface area contributed by atoms with Crippen LogP contribution in [0, 0.1) is 11.8 Å². The summed E-state index contributed by atoms with van der Waals surface area (Å²) in [5.41, 5.74) is -1.69. The number of morpholine rings is 1. The highest BCUT2D eigenvalue weighted by atomic mass is 19.4. The first-order chi connectivity index (χ1) is 18.6. The van der Waals surface area contributed by atoms with Gasteiger partial charge < -0.3 is 36.2 Å². The van der Waals surface area contributed by atoms with Crippen molar-refractivity contribution in [3.8, 4) is 5.75 Å². The molecule has 1 amide bonds. The van der Waals surface area contributed by atoms with Crippen LogP contribution in [-0.4, -0.2) is 88.3 Å². The van der Waals surface area contributed by atoms with Gasteiger partial charge in [0.2, 0.25) is 5.78 Å². The number of hydrogen-bond donors (Lipinski definition) is 6. The summed E-state index contributed by atoms with van der Waals surface area (Å²) >= 11 is 0. The van der Waals surface area contributed by atoms with Crippen molar-refractivity contribution in [3.63, 3.8) is 0 Å². The van der Waals surface area contributed by atoms with Gasteiger partial charge in [-0.2, -0.15) is 13.2 Å². The maximum absolute atomic E-state index is 14.6. The number of halogens is 3. The Balaban J connectivity index is 1.73. The summed E-state index contributed by atoms with van der Waals surface area (Å²) in [6.07, 6.45) is -5.73. The van der Waals surface area contributed by atoms with Gasteiger partial charge in [0.05, 0.1) is 36.4 Å². The molecule has 40 heavy (non-hydrogen) atoms. The molecular weight excluding hydrogens is 539 g/mol. The smallest absolute Gasteiger partial charge is 0.417 e. The lowest BCUT2D eigenvalue weighted by Crippen LogP contribution is -2.63. The van der Waals surface area contributed by atoms with Gasteiger partial charge in [0.1, 0.15) is 22.8 Å². The fourth-order valence-electron chi connectivity index (χ4n) is 6.73. The number of rotatable bonds is 3. The van der Waals surface area contributed by atoms with Crippen LogP contribution in [0.15, 0.2) is 28.7 Å². The van der Waals surface area contributed by atoms with E-state index >= 15 is 0 Å². The number of nitrogens with two attached hydrogens (primary N) is 1. The first kappa shape index (κ1) is 28.1. The van der Waals surface area contributed by atoms with Crippen molar-refractivity contribution in [2.45, 2.75) is 36.7 Å². The molecule has 1 aromatic rings. The van der Waals surface area contributed by atoms with Crippen LogP contribution in [0.3, 0.4) is 0 Å². The number of alkyl halides is 3. The maximum atomic E-state index is 14.6. The Morgan fingerprint density at radius 3 is 2.45 bits per heavy atom. The van der Waals surface area contributed by atoms with Crippen LogP contribution in [0.2, 0.25) is 0 Å². The molecular formula is C26H28F3N3O8. The SMILES string of the molecule is CN(C)[C@@H]1C(O)=C(C(N)=O)C(=O)[C@@]2(O)C(O)=C3C(=O)c4c(O)cc(C5COCCN5)c(C(F)(F)F)c4C[C@H]3C[C@@H]12. The summed E-state index contributed by atoms with van der Waals surface area (Å²) < 4.78 is 49.0. The lowest BCUT2D eigenvalue weighted by Gasteiger charge is -2.50. The van der Waals surface area contributed by atoms with Crippen LogP contribution in [0.25, 0.3) is 0 Å². The van der Waals surface area contributed by atoms with E-state index in [2.05, 4.69) is 5.32 Å². The van der Waals surface area contributed by atoms with Crippen molar-refractivity contribution in [1.82, 2.24) is 10.2 Å². The van der Waals surface area contributed by atoms with E-state index in [0.717, 1.165) is 6.07 Å². The van der Waals surface area contributed by atoms with Gasteiger partial charge in [-0.3, -0.25) is 19.3 Å². The number of aliphatic hydroxyl groups is 3. The van der Waals surface area contributed by atoms with Gasteiger partial charge in [-0.25, -0.2) is 0 Å². The molecule has 0 radical (unpaired) electrons. The van der Waals surface area contributed by atoms with E-state index in [4.69, 9.17) is 10.5 Å². The summed E-state index contributed by atoms with van der Waals surface area (Å²) in [5, 5.41) is 47.4. The molecule has 1 heterocycles. The highest BCUT2D eigenvalue weighted by molar-refractivity contribution is 6.24. The van der Waals surface area contributed by atoms with Crippen LogP contribution in [-0.2, 0) is 26.9 Å². The monoisotopic (exact) mass is 567 g/mol. The number of nitrogens with one attached hydrogen (secondary N) is 1. The van der Waals surface area contributed by atoms with Crippen LogP contribution in [0.5, 0.6) is 5.75 Å². The van der Waals surface area contributed by atoms with E-state index in [1.807, 2.05) is 0 Å². The first-order valence-electron chi connectivity index (χ1n) is 12.5. The molecule has 14 heteroatoms. The third-order valence-corrected chi connectivity index (χ3v) is 8.34. The van der Waals surface area contributed by atoms with Crippen LogP contribution in [0.1, 0.15) is 39.5 Å². The number of phenolic OH excluding ortho intramolecular Hbond substituents is 1. The van der Waals surface area contributed by atoms with Crippen molar-refractivity contribution < 1.29 is 52.7 Å². The standard InChI is InChI=1S/C26H28F3N3O8/c1-32(2)19-12-6-9-5-11-16(14(33)7-10(18(11)26(27,28)29)13-8-40-4-3-31-13)20(34)15(9)22(36)25(12,39)23(37)17(21(19)35)24(30)38/h7,9,12-13,19,31,33,35-36,39H,3-6,8H2,1-2H3,(H2,30,38)/t9-,12-,13?,19-,25-/m0/s1. The molecule has 5 rings (SSSR count). The number of likely N-dealkylation sites (N-methyl/N-ethyl adjacent to an activating group) is 1. The largest absolute Gasteiger partial charge is 0.510 e. The molecule has 1 saturated heterocycles. The second-order valence-electron chi connectivity index (χ2n) is 10.8. The molecule has 0 saturated carbocycles. The van der Waals surface area contributed by atoms with E-state index < -0.39 is 105 Å². The maximum Gasteiger partial charge on any atom is 0.417 e. The molecule has 0 spiro atoms. The quantitative estimate of drug-likeness (QED) is 0.286. The zero-order chi connectivity index (χ0) is 29.5. The number of amides is 1. The Kier molecular flexibility index (Phi) is 6.53. The van der Waals surface area contributed by atoms with Crippen molar-refractivity contribution in [2.75, 3.05) is 33.9 Å². The molecule has 3 aliphatic carbocycles. The second kappa shape index (κ2) is 9.29. The Bertz CT molecular complexity index is 1400. The number of Topliss-reactive ketones (excluding diaryl/α,β-unsaturated/α-hetero) is 2. The number of fused-ring (bicyclic) bond motifs is 3. The third kappa shape index (κ3) is 3.84. The molecule has 1 aromatic carbocycles. The predicted octanol–water partition coefficient (Wildman–Crippen LogP) is 0.800. The number of primary amides is 1. The number of hydrogen-bond acceptors (Lipinski definition) is 10. The number of phenols is 1. The van der Waals surface area contributed by atoms with E-state index in [0.29, 0.717) is 0 Å². The number of aliphatic hydroxyl groups excluding tert-OH is 2. The molecule has 1 unspecified atom stereocenters. The average Bonchev–Trinajstić information content (AvgIpc) is 2.85. The number of carbonyl (C=O) groups excluding carboxylic acids is 3. The Labute approximate surface area is 225 Å². The number of nitrogens with zero attached hydrogens (tertiary/aromatic N) is 1. The van der Waals surface area contributed by atoms with Gasteiger partial charge in [-0.15, -0.1) is 0 Å². The summed E-state index contributed by atoms with van der Waals surface area (Å²) in [5.74, 6) is -9.15. The summed E-state index contributed by atoms with van der Waals surface area (Å²) in [4.78, 5) is 40.4. The van der Waals surface area contributed by atoms with Crippen molar-refractivity contribution in [2.24, 2.45) is 17.6 Å². The highest BCUT2D eigenvalue weighted by Crippen LogP contribution is 2.54. The average molecular weight is 568 g/mol. The molecule has 7 N–H and O–H groups in total. The number of ketones is 2. The fourth-order valence-corrected chi connectivity index (χ4v) is 6.73. The minimum Gasteiger partial charge on any atom is -0.510 e. The van der Waals surface area contributed by atoms with Crippen LogP contribution in [0.4, 0.5) is 13.2 Å². The summed E-state index contributed by atoms with van der Waals surface area (Å²) in [6, 6.07) is -1.33. The molecule has 5 atom stereocenters. The van der Waals surface area contributed by atoms with Gasteiger partial charge >= 0.3 is 6.18 Å². The second-order valence-corrected chi connectivity index (χ2v) is 10.8. The summed E-state index contributed by atoms with van der Waals surface area (Å²) in [7, 11) is 2.91. The zero-order valence-corrected chi connectivity index (χ0v) is 21.5. The topological polar surface area (TPSA) is 183 Å². The van der Waals surface area contributed by atoms with E-state index in [9.17, 15) is 48.0 Å². The molecule has 11 nitrogen and oxygen atoms in total. The van der Waals surface area contributed by atoms with Crippen molar-refractivity contribution >= 4 is 17.5 Å². The first-order valence-corrected chi connectivity index (χ1v) is 12.5. The lowest BCUT2D eigenvalue weighted by atomic mass is 9.58. The van der Waals surface area contributed by atoms with E-state index in [1.54, 1.807) is 0 Å². The Hall–Kier alpha value is -3.46. The van der Waals surface area contributed by atoms with Gasteiger partial charge in [-0.1, -0.05) is 0 Å². The molecule has 1 aliphatic heterocycles. The number of allylic oxidation sites excluding steroid dienone is 1. The molecule has 216 valence electrons. The zero-order valence-electron chi connectivity index (χ0n) is 21.5. The van der Waals surface area contributed by atoms with E-state index in [-0.39, 0.29) is 31.7 Å². The molecule has 1 fully saturated rings. The molecule has 4 aliphatic rings.